The first kappa shape index (κ1) is 18.7. The lowest BCUT2D eigenvalue weighted by molar-refractivity contribution is 0.669. The molecule has 0 saturated heterocycles. The monoisotopic (exact) mass is 433 g/mol. The molecular weight excluding hydrogens is 418 g/mol. The van der Waals surface area contributed by atoms with Crippen molar-refractivity contribution in [3.63, 3.8) is 0 Å². The highest BCUT2D eigenvalue weighted by Gasteiger charge is 2.13. The molecule has 0 amide bonds. The van der Waals surface area contributed by atoms with Crippen LogP contribution in [0.25, 0.3) is 55.8 Å². The molecule has 6 rings (SSSR count). The highest BCUT2D eigenvalue weighted by Crippen LogP contribution is 2.34. The zero-order chi connectivity index (χ0) is 21.5. The molecule has 4 aromatic carbocycles. The van der Waals surface area contributed by atoms with E-state index < -0.39 is 0 Å². The van der Waals surface area contributed by atoms with Gasteiger partial charge in [0.05, 0.1) is 0 Å². The molecule has 0 atom stereocenters. The number of rotatable bonds is 3. The van der Waals surface area contributed by atoms with Crippen LogP contribution < -0.4 is 0 Å². The van der Waals surface area contributed by atoms with Gasteiger partial charge in [-0.1, -0.05) is 66.7 Å². The average molecular weight is 434 g/mol. The summed E-state index contributed by atoms with van der Waals surface area (Å²) in [5, 5.41) is 2.22. The average Bonchev–Trinajstić information content (AvgIpc) is 3.22. The summed E-state index contributed by atoms with van der Waals surface area (Å²) in [6, 6.07) is 32.3. The molecule has 2 heterocycles. The van der Waals surface area contributed by atoms with Crippen LogP contribution in [-0.4, -0.2) is 15.0 Å². The first-order valence-electron chi connectivity index (χ1n) is 10.2. The molecule has 0 unspecified atom stereocenters. The van der Waals surface area contributed by atoms with E-state index in [0.29, 0.717) is 11.6 Å². The van der Waals surface area contributed by atoms with E-state index in [9.17, 15) is 0 Å². The standard InChI is InChI=1S/C27H16ClN3O/c28-27-30-25(18-9-5-2-6-10-18)29-26(31-27)20-12-14-24-22(16-20)21-15-19(11-13-23(21)32-24)17-7-3-1-4-8-17/h1-16H. The van der Waals surface area contributed by atoms with Gasteiger partial charge in [-0.3, -0.25) is 0 Å². The zero-order valence-corrected chi connectivity index (χ0v) is 17.6. The van der Waals surface area contributed by atoms with Crippen molar-refractivity contribution in [2.45, 2.75) is 0 Å². The molecule has 152 valence electrons. The summed E-state index contributed by atoms with van der Waals surface area (Å²) in [6.07, 6.45) is 0. The molecule has 0 N–H and O–H groups in total. The van der Waals surface area contributed by atoms with Crippen molar-refractivity contribution in [3.8, 4) is 33.9 Å². The first-order chi connectivity index (χ1) is 15.7. The second-order valence-corrected chi connectivity index (χ2v) is 7.85. The van der Waals surface area contributed by atoms with Crippen molar-refractivity contribution in [2.75, 3.05) is 0 Å². The molecule has 5 heteroatoms. The fourth-order valence-electron chi connectivity index (χ4n) is 3.92. The maximum atomic E-state index is 6.25. The molecular formula is C27H16ClN3O. The molecule has 32 heavy (non-hydrogen) atoms. The van der Waals surface area contributed by atoms with Gasteiger partial charge in [0, 0.05) is 21.9 Å². The predicted molar refractivity (Wildman–Crippen MR) is 128 cm³/mol. The highest BCUT2D eigenvalue weighted by molar-refractivity contribution is 6.28. The third-order valence-corrected chi connectivity index (χ3v) is 5.64. The first-order valence-corrected chi connectivity index (χ1v) is 10.6. The minimum absolute atomic E-state index is 0.164. The van der Waals surface area contributed by atoms with Crippen molar-refractivity contribution in [3.05, 3.63) is 102 Å². The summed E-state index contributed by atoms with van der Waals surface area (Å²) in [5.74, 6) is 1.07. The molecule has 0 aliphatic heterocycles. The minimum atomic E-state index is 0.164. The lowest BCUT2D eigenvalue weighted by Crippen LogP contribution is -1.97. The van der Waals surface area contributed by atoms with Crippen molar-refractivity contribution < 1.29 is 4.42 Å². The van der Waals surface area contributed by atoms with Gasteiger partial charge in [-0.05, 0) is 53.1 Å². The summed E-state index contributed by atoms with van der Waals surface area (Å²) in [5.41, 5.74) is 5.71. The van der Waals surface area contributed by atoms with Gasteiger partial charge in [-0.15, -0.1) is 0 Å². The van der Waals surface area contributed by atoms with Gasteiger partial charge in [-0.25, -0.2) is 4.98 Å². The van der Waals surface area contributed by atoms with Crippen molar-refractivity contribution in [1.82, 2.24) is 15.0 Å². The highest BCUT2D eigenvalue weighted by atomic mass is 35.5. The maximum absolute atomic E-state index is 6.25. The summed E-state index contributed by atoms with van der Waals surface area (Å²) in [4.78, 5) is 13.4. The Balaban J connectivity index is 1.51. The molecule has 0 aliphatic carbocycles. The molecule has 0 spiro atoms. The van der Waals surface area contributed by atoms with Gasteiger partial charge >= 0.3 is 0 Å². The van der Waals surface area contributed by atoms with E-state index in [2.05, 4.69) is 45.3 Å². The number of benzene rings is 4. The lowest BCUT2D eigenvalue weighted by atomic mass is 10.0. The maximum Gasteiger partial charge on any atom is 0.226 e. The number of nitrogens with zero attached hydrogens (tertiary/aromatic N) is 3. The second-order valence-electron chi connectivity index (χ2n) is 7.51. The van der Waals surface area contributed by atoms with Crippen LogP contribution in [0.4, 0.5) is 0 Å². The van der Waals surface area contributed by atoms with E-state index in [1.165, 1.54) is 0 Å². The van der Waals surface area contributed by atoms with Crippen LogP contribution in [0.1, 0.15) is 0 Å². The Bertz CT molecular complexity index is 1580. The molecule has 2 aromatic heterocycles. The molecule has 0 radical (unpaired) electrons. The smallest absolute Gasteiger partial charge is 0.226 e. The Morgan fingerprint density at radius 2 is 1.03 bits per heavy atom. The van der Waals surface area contributed by atoms with Gasteiger partial charge < -0.3 is 4.42 Å². The molecule has 0 saturated carbocycles. The third kappa shape index (κ3) is 3.31. The lowest BCUT2D eigenvalue weighted by Gasteiger charge is -2.05. The molecule has 6 aromatic rings. The van der Waals surface area contributed by atoms with Gasteiger partial charge in [0.2, 0.25) is 5.28 Å². The topological polar surface area (TPSA) is 51.8 Å². The summed E-state index contributed by atoms with van der Waals surface area (Å²) < 4.78 is 6.07. The van der Waals surface area contributed by atoms with Crippen LogP contribution in [0, 0.1) is 0 Å². The normalized spacial score (nSPS) is 11.3. The van der Waals surface area contributed by atoms with Crippen molar-refractivity contribution >= 4 is 33.5 Å². The van der Waals surface area contributed by atoms with Crippen LogP contribution >= 0.6 is 11.6 Å². The molecule has 4 nitrogen and oxygen atoms in total. The van der Waals surface area contributed by atoms with E-state index in [0.717, 1.165) is 44.2 Å². The van der Waals surface area contributed by atoms with Crippen molar-refractivity contribution in [2.24, 2.45) is 0 Å². The minimum Gasteiger partial charge on any atom is -0.456 e. The fraction of sp³-hybridized carbons (Fsp3) is 0. The summed E-state index contributed by atoms with van der Waals surface area (Å²) in [7, 11) is 0. The summed E-state index contributed by atoms with van der Waals surface area (Å²) >= 11 is 6.25. The number of fused-ring (bicyclic) bond motifs is 3. The predicted octanol–water partition coefficient (Wildman–Crippen LogP) is 7.43. The summed E-state index contributed by atoms with van der Waals surface area (Å²) in [6.45, 7) is 0. The number of aromatic nitrogens is 3. The Morgan fingerprint density at radius 1 is 0.500 bits per heavy atom. The van der Waals surface area contributed by atoms with E-state index in [1.54, 1.807) is 0 Å². The van der Waals surface area contributed by atoms with E-state index in [-0.39, 0.29) is 5.28 Å². The Kier molecular flexibility index (Phi) is 4.44. The molecule has 0 aliphatic rings. The SMILES string of the molecule is Clc1nc(-c2ccccc2)nc(-c2ccc3oc4ccc(-c5ccccc5)cc4c3c2)n1. The van der Waals surface area contributed by atoms with Crippen LogP contribution in [0.3, 0.4) is 0 Å². The number of furan rings is 1. The number of halogens is 1. The van der Waals surface area contributed by atoms with Crippen LogP contribution in [0.5, 0.6) is 0 Å². The fourth-order valence-corrected chi connectivity index (χ4v) is 4.08. The van der Waals surface area contributed by atoms with Gasteiger partial charge in [-0.2, -0.15) is 9.97 Å². The molecule has 0 bridgehead atoms. The number of hydrogen-bond acceptors (Lipinski definition) is 4. The van der Waals surface area contributed by atoms with Gasteiger partial charge in [0.1, 0.15) is 11.2 Å². The van der Waals surface area contributed by atoms with Gasteiger partial charge in [0.15, 0.2) is 11.6 Å². The molecule has 0 fully saturated rings. The van der Waals surface area contributed by atoms with Crippen molar-refractivity contribution in [1.29, 1.82) is 0 Å². The number of hydrogen-bond donors (Lipinski definition) is 0. The zero-order valence-electron chi connectivity index (χ0n) is 16.9. The van der Waals surface area contributed by atoms with Crippen LogP contribution in [0.2, 0.25) is 5.28 Å². The quantitative estimate of drug-likeness (QED) is 0.291. The Morgan fingerprint density at radius 3 is 1.69 bits per heavy atom. The largest absolute Gasteiger partial charge is 0.456 e. The second kappa shape index (κ2) is 7.59. The van der Waals surface area contributed by atoms with E-state index in [4.69, 9.17) is 16.0 Å². The van der Waals surface area contributed by atoms with Crippen LogP contribution in [-0.2, 0) is 0 Å². The Labute approximate surface area is 189 Å². The van der Waals surface area contributed by atoms with Gasteiger partial charge in [0.25, 0.3) is 0 Å². The van der Waals surface area contributed by atoms with Crippen LogP contribution in [0.15, 0.2) is 101 Å². The van der Waals surface area contributed by atoms with E-state index >= 15 is 0 Å². The third-order valence-electron chi connectivity index (χ3n) is 5.47. The van der Waals surface area contributed by atoms with E-state index in [1.807, 2.05) is 66.7 Å². The Hall–Kier alpha value is -4.02.